The Morgan fingerprint density at radius 3 is 2.76 bits per heavy atom. The average molecular weight is 518 g/mol. The van der Waals surface area contributed by atoms with Gasteiger partial charge in [-0.25, -0.2) is 14.2 Å². The van der Waals surface area contributed by atoms with Gasteiger partial charge in [0.1, 0.15) is 24.6 Å². The number of nitrogens with zero attached hydrogens (tertiary/aromatic N) is 2. The average Bonchev–Trinajstić information content (AvgIpc) is 3.52. The minimum Gasteiger partial charge on any atom is -0.460 e. The molecule has 1 saturated heterocycles. The Morgan fingerprint density at radius 1 is 1.22 bits per heavy atom. The van der Waals surface area contributed by atoms with Crippen LogP contribution in [0.3, 0.4) is 0 Å². The van der Waals surface area contributed by atoms with Gasteiger partial charge in [-0.1, -0.05) is 51.2 Å². The summed E-state index contributed by atoms with van der Waals surface area (Å²) in [6, 6.07) is -0.766. The summed E-state index contributed by atoms with van der Waals surface area (Å²) in [7, 11) is 0. The van der Waals surface area contributed by atoms with Crippen molar-refractivity contribution in [2.24, 2.45) is 11.8 Å². The molecule has 3 rings (SSSR count). The number of aliphatic hydroxyl groups excluding tert-OH is 1. The molecule has 0 saturated carbocycles. The number of oxazole rings is 1. The molecule has 10 heteroatoms. The number of esters is 1. The number of alkyl halides is 1. The molecule has 5 atom stereocenters. The van der Waals surface area contributed by atoms with E-state index >= 15 is 0 Å². The predicted molar refractivity (Wildman–Crippen MR) is 134 cm³/mol. The first-order valence-electron chi connectivity index (χ1n) is 12.7. The van der Waals surface area contributed by atoms with Crippen molar-refractivity contribution in [3.63, 3.8) is 0 Å². The second-order valence-electron chi connectivity index (χ2n) is 9.81. The van der Waals surface area contributed by atoms with Gasteiger partial charge in [0.15, 0.2) is 11.6 Å². The largest absolute Gasteiger partial charge is 0.460 e. The van der Waals surface area contributed by atoms with E-state index in [2.05, 4.69) is 10.3 Å². The van der Waals surface area contributed by atoms with Gasteiger partial charge in [-0.3, -0.25) is 9.59 Å². The van der Waals surface area contributed by atoms with E-state index in [1.165, 1.54) is 23.3 Å². The molecule has 3 heterocycles. The molecule has 0 unspecified atom stereocenters. The van der Waals surface area contributed by atoms with E-state index in [9.17, 15) is 23.9 Å². The van der Waals surface area contributed by atoms with Crippen LogP contribution in [0.25, 0.3) is 0 Å². The molecule has 202 valence electrons. The van der Waals surface area contributed by atoms with E-state index < -0.39 is 36.3 Å². The summed E-state index contributed by atoms with van der Waals surface area (Å²) in [5.41, 5.74) is -0.00593. The van der Waals surface area contributed by atoms with Crippen LogP contribution in [0.1, 0.15) is 56.4 Å². The monoisotopic (exact) mass is 517 g/mol. The number of amides is 2. The predicted octanol–water partition coefficient (Wildman–Crippen LogP) is 2.91. The Kier molecular flexibility index (Phi) is 10.2. The summed E-state index contributed by atoms with van der Waals surface area (Å²) in [5.74, 6) is -1.51. The lowest BCUT2D eigenvalue weighted by Crippen LogP contribution is -2.44. The van der Waals surface area contributed by atoms with Gasteiger partial charge >= 0.3 is 5.97 Å². The maximum atomic E-state index is 14.5. The maximum absolute atomic E-state index is 14.5. The van der Waals surface area contributed by atoms with Crippen LogP contribution >= 0.6 is 0 Å². The second kappa shape index (κ2) is 13.3. The topological polar surface area (TPSA) is 122 Å². The Morgan fingerprint density at radius 2 is 2.00 bits per heavy atom. The molecule has 0 spiro atoms. The lowest BCUT2D eigenvalue weighted by atomic mass is 9.94. The van der Waals surface area contributed by atoms with Crippen molar-refractivity contribution < 1.29 is 33.0 Å². The van der Waals surface area contributed by atoms with Crippen LogP contribution in [0, 0.1) is 11.8 Å². The molecular weight excluding hydrogens is 481 g/mol. The lowest BCUT2D eigenvalue weighted by Gasteiger charge is -2.29. The van der Waals surface area contributed by atoms with Crippen molar-refractivity contribution in [1.82, 2.24) is 15.2 Å². The molecule has 0 radical (unpaired) electrons. The quantitative estimate of drug-likeness (QED) is 0.549. The lowest BCUT2D eigenvalue weighted by molar-refractivity contribution is -0.158. The van der Waals surface area contributed by atoms with Gasteiger partial charge in [0.05, 0.1) is 12.5 Å². The van der Waals surface area contributed by atoms with Gasteiger partial charge in [0, 0.05) is 25.4 Å². The molecule has 2 aliphatic rings. The normalized spacial score (nSPS) is 31.4. The molecule has 2 bridgehead atoms. The molecule has 1 aromatic rings. The minimum absolute atomic E-state index is 0.00593. The number of halogens is 1. The van der Waals surface area contributed by atoms with E-state index in [1.54, 1.807) is 24.3 Å². The van der Waals surface area contributed by atoms with Crippen molar-refractivity contribution in [2.75, 3.05) is 13.1 Å². The van der Waals surface area contributed by atoms with Gasteiger partial charge in [-0.2, -0.15) is 0 Å². The number of carbonyl (C=O) groups is 3. The molecule has 0 aliphatic carbocycles. The number of hydrogen-bond acceptors (Lipinski definition) is 7. The number of aliphatic hydroxyl groups is 1. The van der Waals surface area contributed by atoms with Gasteiger partial charge in [0.2, 0.25) is 5.91 Å². The van der Waals surface area contributed by atoms with E-state index in [4.69, 9.17) is 9.15 Å². The third-order valence-electron chi connectivity index (χ3n) is 6.40. The molecule has 9 nitrogen and oxygen atoms in total. The van der Waals surface area contributed by atoms with Crippen molar-refractivity contribution in [3.05, 3.63) is 54.3 Å². The number of nitrogens with one attached hydrogen (secondary N) is 1. The van der Waals surface area contributed by atoms with Gasteiger partial charge in [0.25, 0.3) is 5.91 Å². The molecule has 2 amide bonds. The highest BCUT2D eigenvalue weighted by molar-refractivity contribution is 5.95. The third-order valence-corrected chi connectivity index (χ3v) is 6.40. The number of hydrogen-bond donors (Lipinski definition) is 2. The summed E-state index contributed by atoms with van der Waals surface area (Å²) in [6.45, 7) is 6.35. The number of ether oxygens (including phenoxy) is 1. The zero-order chi connectivity index (χ0) is 26.9. The zero-order valence-electron chi connectivity index (χ0n) is 21.5. The van der Waals surface area contributed by atoms with Crippen molar-refractivity contribution >= 4 is 17.8 Å². The van der Waals surface area contributed by atoms with Crippen molar-refractivity contribution in [1.29, 1.82) is 0 Å². The molecule has 2 aliphatic heterocycles. The van der Waals surface area contributed by atoms with Gasteiger partial charge in [-0.05, 0) is 24.8 Å². The number of allylic oxidation sites excluding steroid dienone is 2. The fourth-order valence-corrected chi connectivity index (χ4v) is 4.49. The van der Waals surface area contributed by atoms with E-state index in [0.717, 1.165) is 0 Å². The first-order valence-corrected chi connectivity index (χ1v) is 12.7. The number of rotatable bonds is 1. The van der Waals surface area contributed by atoms with Gasteiger partial charge < -0.3 is 24.5 Å². The van der Waals surface area contributed by atoms with Crippen LogP contribution < -0.4 is 5.32 Å². The summed E-state index contributed by atoms with van der Waals surface area (Å²) >= 11 is 0. The SMILES string of the molecule is CC(C)[C@H]1OC(=O)[C@H]2CCCN2C(=O)c2coc(n2)C[C@H](F)C[C@H](O)/C=C/C=C/CNC(=O)/C=C/[C@H]1C. The highest BCUT2D eigenvalue weighted by atomic mass is 19.1. The van der Waals surface area contributed by atoms with E-state index in [-0.39, 0.29) is 48.7 Å². The summed E-state index contributed by atoms with van der Waals surface area (Å²) in [5, 5.41) is 12.8. The Balaban J connectivity index is 1.82. The summed E-state index contributed by atoms with van der Waals surface area (Å²) in [6.07, 6.45) is 8.38. The molecular formula is C27H36FN3O6. The molecule has 1 aromatic heterocycles. The van der Waals surface area contributed by atoms with Crippen LogP contribution in [-0.4, -0.2) is 70.3 Å². The molecule has 0 aromatic carbocycles. The van der Waals surface area contributed by atoms with Crippen LogP contribution in [-0.2, 0) is 20.7 Å². The molecule has 2 N–H and O–H groups in total. The Hall–Kier alpha value is -3.27. The first-order chi connectivity index (χ1) is 17.7. The number of fused-ring (bicyclic) bond motifs is 3. The first kappa shape index (κ1) is 28.3. The zero-order valence-corrected chi connectivity index (χ0v) is 21.5. The van der Waals surface area contributed by atoms with Gasteiger partial charge in [-0.15, -0.1) is 0 Å². The van der Waals surface area contributed by atoms with E-state index in [1.807, 2.05) is 20.8 Å². The van der Waals surface area contributed by atoms with E-state index in [0.29, 0.717) is 19.4 Å². The Bertz CT molecular complexity index is 1030. The number of aromatic nitrogens is 1. The van der Waals surface area contributed by atoms with Crippen LogP contribution in [0.15, 0.2) is 47.1 Å². The highest BCUT2D eigenvalue weighted by Crippen LogP contribution is 2.25. The second-order valence-corrected chi connectivity index (χ2v) is 9.81. The van der Waals surface area contributed by atoms with Crippen LogP contribution in [0.2, 0.25) is 0 Å². The summed E-state index contributed by atoms with van der Waals surface area (Å²) < 4.78 is 25.6. The Labute approximate surface area is 216 Å². The van der Waals surface area contributed by atoms with Crippen molar-refractivity contribution in [3.8, 4) is 0 Å². The smallest absolute Gasteiger partial charge is 0.329 e. The minimum atomic E-state index is -1.44. The molecule has 37 heavy (non-hydrogen) atoms. The number of cyclic esters (lactones) is 1. The number of carbonyl (C=O) groups excluding carboxylic acids is 3. The highest BCUT2D eigenvalue weighted by Gasteiger charge is 2.38. The van der Waals surface area contributed by atoms with Crippen molar-refractivity contribution in [2.45, 2.75) is 70.9 Å². The fourth-order valence-electron chi connectivity index (χ4n) is 4.49. The third kappa shape index (κ3) is 8.11. The molecule has 1 fully saturated rings. The fraction of sp³-hybridized carbons (Fsp3) is 0.556. The standard InChI is InChI=1S/C27H36FN3O6/c1-17(2)25-18(3)10-11-23(33)29-12-6-4-5-8-20(32)14-19(28)15-24-30-21(16-36-24)26(34)31-13-7-9-22(31)27(35)37-25/h4-6,8,10-11,16-20,22,25,32H,7,9,12-15H2,1-3H3,(H,29,33)/b6-4+,8-5+,11-10+/t18-,19-,20-,22-,25-/m1/s1. The van der Waals surface area contributed by atoms with Crippen LogP contribution in [0.4, 0.5) is 4.39 Å². The maximum Gasteiger partial charge on any atom is 0.329 e. The summed E-state index contributed by atoms with van der Waals surface area (Å²) in [4.78, 5) is 44.0. The van der Waals surface area contributed by atoms with Crippen LogP contribution in [0.5, 0.6) is 0 Å².